The lowest BCUT2D eigenvalue weighted by atomic mass is 10.1. The minimum atomic E-state index is -0.692. The van der Waals surface area contributed by atoms with Gasteiger partial charge in [-0.15, -0.1) is 0 Å². The van der Waals surface area contributed by atoms with Gasteiger partial charge in [-0.1, -0.05) is 12.1 Å². The molecule has 0 spiro atoms. The molecule has 0 bridgehead atoms. The number of hydrogen-bond acceptors (Lipinski definition) is 4. The molecule has 6 nitrogen and oxygen atoms in total. The smallest absolute Gasteiger partial charge is 0.266 e. The van der Waals surface area contributed by atoms with Crippen molar-refractivity contribution < 1.29 is 9.18 Å². The molecule has 0 atom stereocenters. The zero-order valence-corrected chi connectivity index (χ0v) is 13.8. The van der Waals surface area contributed by atoms with E-state index in [2.05, 4.69) is 15.4 Å². The van der Waals surface area contributed by atoms with Crippen molar-refractivity contribution in [1.29, 1.82) is 5.26 Å². The molecule has 128 valence electrons. The second-order valence-corrected chi connectivity index (χ2v) is 5.45. The molecule has 3 rings (SSSR count). The highest BCUT2D eigenvalue weighted by atomic mass is 19.1. The molecule has 0 aliphatic carbocycles. The first-order valence-electron chi connectivity index (χ1n) is 7.70. The van der Waals surface area contributed by atoms with E-state index in [9.17, 15) is 14.4 Å². The maximum atomic E-state index is 13.7. The van der Waals surface area contributed by atoms with Gasteiger partial charge in [0.2, 0.25) is 0 Å². The molecular weight excluding hydrogens is 333 g/mol. The normalized spacial score (nSPS) is 11.0. The number of aryl methyl sites for hydroxylation is 1. The lowest BCUT2D eigenvalue weighted by molar-refractivity contribution is -0.112. The zero-order chi connectivity index (χ0) is 18.5. The van der Waals surface area contributed by atoms with E-state index in [-0.39, 0.29) is 11.3 Å². The first kappa shape index (κ1) is 17.0. The van der Waals surface area contributed by atoms with Gasteiger partial charge in [-0.3, -0.25) is 14.5 Å². The predicted molar refractivity (Wildman–Crippen MR) is 95.1 cm³/mol. The van der Waals surface area contributed by atoms with Gasteiger partial charge >= 0.3 is 0 Å². The summed E-state index contributed by atoms with van der Waals surface area (Å²) in [6.45, 7) is 0. The van der Waals surface area contributed by atoms with Crippen LogP contribution < -0.4 is 5.32 Å². The van der Waals surface area contributed by atoms with Crippen molar-refractivity contribution in [3.63, 3.8) is 0 Å². The first-order valence-corrected chi connectivity index (χ1v) is 7.70. The second-order valence-electron chi connectivity index (χ2n) is 5.45. The average molecular weight is 347 g/mol. The van der Waals surface area contributed by atoms with E-state index < -0.39 is 11.7 Å². The quantitative estimate of drug-likeness (QED) is 0.580. The number of aromatic nitrogens is 3. The molecule has 2 heterocycles. The summed E-state index contributed by atoms with van der Waals surface area (Å²) in [6.07, 6.45) is 6.39. The summed E-state index contributed by atoms with van der Waals surface area (Å²) in [6, 6.07) is 11.2. The summed E-state index contributed by atoms with van der Waals surface area (Å²) in [7, 11) is 1.74. The number of pyridine rings is 1. The number of rotatable bonds is 4. The van der Waals surface area contributed by atoms with Crippen LogP contribution in [-0.2, 0) is 11.8 Å². The van der Waals surface area contributed by atoms with Crippen molar-refractivity contribution in [3.05, 3.63) is 71.9 Å². The van der Waals surface area contributed by atoms with Crippen molar-refractivity contribution in [2.45, 2.75) is 0 Å². The van der Waals surface area contributed by atoms with Crippen LogP contribution in [0.4, 0.5) is 10.1 Å². The number of para-hydroxylation sites is 1. The molecule has 0 saturated carbocycles. The van der Waals surface area contributed by atoms with Crippen molar-refractivity contribution in [3.8, 4) is 17.3 Å². The van der Waals surface area contributed by atoms with E-state index >= 15 is 0 Å². The fraction of sp³-hybridized carbons (Fsp3) is 0.0526. The molecule has 1 amide bonds. The van der Waals surface area contributed by atoms with E-state index in [1.165, 1.54) is 24.3 Å². The highest BCUT2D eigenvalue weighted by Gasteiger charge is 2.15. The maximum Gasteiger partial charge on any atom is 0.266 e. The SMILES string of the molecule is Cn1cc(/C=C(\C#N)C(=O)Nc2ccccc2F)c(-c2ccncc2)n1. The molecule has 1 aromatic carbocycles. The van der Waals surface area contributed by atoms with Gasteiger partial charge in [-0.2, -0.15) is 10.4 Å². The first-order chi connectivity index (χ1) is 12.6. The van der Waals surface area contributed by atoms with Crippen LogP contribution in [0.3, 0.4) is 0 Å². The number of anilines is 1. The monoisotopic (exact) mass is 347 g/mol. The third-order valence-corrected chi connectivity index (χ3v) is 3.60. The van der Waals surface area contributed by atoms with Gasteiger partial charge in [0, 0.05) is 36.8 Å². The second kappa shape index (κ2) is 7.40. The van der Waals surface area contributed by atoms with Crippen LogP contribution in [-0.4, -0.2) is 20.7 Å². The Labute approximate surface area is 149 Å². The zero-order valence-electron chi connectivity index (χ0n) is 13.8. The van der Waals surface area contributed by atoms with Crippen LogP contribution >= 0.6 is 0 Å². The van der Waals surface area contributed by atoms with Crippen molar-refractivity contribution in [2.75, 3.05) is 5.32 Å². The van der Waals surface area contributed by atoms with Crippen LogP contribution in [0.15, 0.2) is 60.6 Å². The average Bonchev–Trinajstić information content (AvgIpc) is 3.02. The van der Waals surface area contributed by atoms with Gasteiger partial charge in [0.15, 0.2) is 0 Å². The van der Waals surface area contributed by atoms with E-state index in [0.29, 0.717) is 11.3 Å². The molecule has 0 saturated heterocycles. The molecule has 2 aromatic heterocycles. The molecule has 0 aliphatic heterocycles. The van der Waals surface area contributed by atoms with Gasteiger partial charge in [-0.25, -0.2) is 4.39 Å². The lowest BCUT2D eigenvalue weighted by Crippen LogP contribution is -2.14. The number of carbonyl (C=O) groups is 1. The summed E-state index contributed by atoms with van der Waals surface area (Å²) < 4.78 is 15.3. The Kier molecular flexibility index (Phi) is 4.85. The lowest BCUT2D eigenvalue weighted by Gasteiger charge is -2.05. The van der Waals surface area contributed by atoms with Crippen LogP contribution in [0.1, 0.15) is 5.56 Å². The van der Waals surface area contributed by atoms with Gasteiger partial charge in [-0.05, 0) is 30.3 Å². The molecule has 0 aliphatic rings. The fourth-order valence-corrected chi connectivity index (χ4v) is 2.40. The van der Waals surface area contributed by atoms with Crippen LogP contribution in [0, 0.1) is 17.1 Å². The maximum absolute atomic E-state index is 13.7. The highest BCUT2D eigenvalue weighted by molar-refractivity contribution is 6.10. The molecule has 7 heteroatoms. The standard InChI is InChI=1S/C19H14FN5O/c1-25-12-15(18(24-25)13-6-8-22-9-7-13)10-14(11-21)19(26)23-17-5-3-2-4-16(17)20/h2-10,12H,1H3,(H,23,26)/b14-10+. The van der Waals surface area contributed by atoms with Crippen LogP contribution in [0.5, 0.6) is 0 Å². The Morgan fingerprint density at radius 3 is 2.69 bits per heavy atom. The van der Waals surface area contributed by atoms with E-state index in [1.54, 1.807) is 48.5 Å². The summed E-state index contributed by atoms with van der Waals surface area (Å²) >= 11 is 0. The van der Waals surface area contributed by atoms with Crippen molar-refractivity contribution >= 4 is 17.7 Å². The van der Waals surface area contributed by atoms with Crippen molar-refractivity contribution in [2.24, 2.45) is 7.05 Å². The largest absolute Gasteiger partial charge is 0.319 e. The summed E-state index contributed by atoms with van der Waals surface area (Å²) in [5, 5.41) is 16.1. The fourth-order valence-electron chi connectivity index (χ4n) is 2.40. The van der Waals surface area contributed by atoms with Gasteiger partial charge in [0.1, 0.15) is 17.5 Å². The Balaban J connectivity index is 1.94. The van der Waals surface area contributed by atoms with Crippen LogP contribution in [0.2, 0.25) is 0 Å². The number of amides is 1. The van der Waals surface area contributed by atoms with Crippen molar-refractivity contribution in [1.82, 2.24) is 14.8 Å². The Hall–Kier alpha value is -3.79. The minimum Gasteiger partial charge on any atom is -0.319 e. The van der Waals surface area contributed by atoms with E-state index in [0.717, 1.165) is 5.56 Å². The molecule has 0 radical (unpaired) electrons. The number of nitrogens with one attached hydrogen (secondary N) is 1. The van der Waals surface area contributed by atoms with Gasteiger partial charge < -0.3 is 5.32 Å². The molecule has 26 heavy (non-hydrogen) atoms. The molecule has 1 N–H and O–H groups in total. The molecule has 0 fully saturated rings. The Morgan fingerprint density at radius 1 is 1.27 bits per heavy atom. The van der Waals surface area contributed by atoms with E-state index in [1.807, 2.05) is 6.07 Å². The van der Waals surface area contributed by atoms with Gasteiger partial charge in [0.05, 0.1) is 11.4 Å². The third-order valence-electron chi connectivity index (χ3n) is 3.60. The van der Waals surface area contributed by atoms with Crippen LogP contribution in [0.25, 0.3) is 17.3 Å². The number of nitrogens with zero attached hydrogens (tertiary/aromatic N) is 4. The van der Waals surface area contributed by atoms with Gasteiger partial charge in [0.25, 0.3) is 5.91 Å². The molecule has 0 unspecified atom stereocenters. The topological polar surface area (TPSA) is 83.6 Å². The number of benzene rings is 1. The summed E-state index contributed by atoms with van der Waals surface area (Å²) in [4.78, 5) is 16.3. The highest BCUT2D eigenvalue weighted by Crippen LogP contribution is 2.23. The number of carbonyl (C=O) groups excluding carboxylic acids is 1. The predicted octanol–water partition coefficient (Wildman–Crippen LogP) is 3.17. The Bertz CT molecular complexity index is 1020. The van der Waals surface area contributed by atoms with E-state index in [4.69, 9.17) is 0 Å². The third kappa shape index (κ3) is 3.65. The Morgan fingerprint density at radius 2 is 2.00 bits per heavy atom. The molecule has 3 aromatic rings. The number of nitriles is 1. The number of hydrogen-bond donors (Lipinski definition) is 1. The summed E-state index contributed by atoms with van der Waals surface area (Å²) in [5.41, 5.74) is 1.87. The molecular formula is C19H14FN5O. The minimum absolute atomic E-state index is 0.0131. The number of halogens is 1. The summed E-state index contributed by atoms with van der Waals surface area (Å²) in [5.74, 6) is -1.26.